The lowest BCUT2D eigenvalue weighted by Crippen LogP contribution is -2.50. The van der Waals surface area contributed by atoms with Crippen LogP contribution in [0.2, 0.25) is 0 Å². The number of aryl methyl sites for hydroxylation is 2. The monoisotopic (exact) mass is 1030 g/mol. The number of aliphatic hydroxyl groups excluding tert-OH is 1. The highest BCUT2D eigenvalue weighted by atomic mass is 79.9. The van der Waals surface area contributed by atoms with Crippen LogP contribution in [0.4, 0.5) is 0 Å². The summed E-state index contributed by atoms with van der Waals surface area (Å²) in [5, 5.41) is 23.6. The number of rotatable bonds is 13. The van der Waals surface area contributed by atoms with Crippen LogP contribution in [0, 0.1) is 12.3 Å². The minimum Gasteiger partial charge on any atom is -0.391 e. The van der Waals surface area contributed by atoms with Gasteiger partial charge in [0, 0.05) is 23.6 Å². The predicted octanol–water partition coefficient (Wildman–Crippen LogP) is 9.75. The van der Waals surface area contributed by atoms with E-state index >= 15 is 0 Å². The number of unbranched alkanes of at least 4 members (excludes halogenated alkanes) is 2. The van der Waals surface area contributed by atoms with Gasteiger partial charge in [0.05, 0.1) is 55.9 Å². The molecular formula is C55H66BrN9O4S. The molecule has 3 fully saturated rings. The molecule has 4 atom stereocenters. The van der Waals surface area contributed by atoms with E-state index in [0.717, 1.165) is 127 Å². The lowest BCUT2D eigenvalue weighted by molar-refractivity contribution is -0.144. The van der Waals surface area contributed by atoms with Gasteiger partial charge in [0.2, 0.25) is 11.8 Å². The van der Waals surface area contributed by atoms with E-state index in [4.69, 9.17) is 4.98 Å². The number of β-amino-alcohol motifs (C(OH)–C–C–N with tert-alkyl or cyclic N) is 1. The predicted molar refractivity (Wildman–Crippen MR) is 278 cm³/mol. The molecule has 3 aromatic heterocycles. The van der Waals surface area contributed by atoms with E-state index in [2.05, 4.69) is 70.3 Å². The third-order valence-electron chi connectivity index (χ3n) is 15.8. The number of aliphatic hydroxyl groups is 1. The van der Waals surface area contributed by atoms with Crippen molar-refractivity contribution in [1.29, 1.82) is 0 Å². The smallest absolute Gasteiger partial charge is 0.281 e. The molecule has 1 aliphatic carbocycles. The van der Waals surface area contributed by atoms with Crippen LogP contribution in [0.15, 0.2) is 81.6 Å². The van der Waals surface area contributed by atoms with Crippen LogP contribution in [-0.2, 0) is 21.4 Å². The number of hydrogen-bond acceptors (Lipinski definition) is 10. The molecule has 1 spiro atoms. The number of halogens is 1. The highest BCUT2D eigenvalue weighted by molar-refractivity contribution is 9.10. The molecule has 2 N–H and O–H groups in total. The van der Waals surface area contributed by atoms with Gasteiger partial charge in [0.25, 0.3) is 5.56 Å². The topological polar surface area (TPSA) is 151 Å². The second kappa shape index (κ2) is 19.8. The van der Waals surface area contributed by atoms with Crippen molar-refractivity contribution in [2.75, 3.05) is 26.2 Å². The van der Waals surface area contributed by atoms with E-state index in [-0.39, 0.29) is 41.8 Å². The van der Waals surface area contributed by atoms with Crippen molar-refractivity contribution >= 4 is 50.0 Å². The fourth-order valence-corrected chi connectivity index (χ4v) is 13.4. The maximum absolute atomic E-state index is 14.5. The van der Waals surface area contributed by atoms with Crippen molar-refractivity contribution in [1.82, 2.24) is 44.6 Å². The Morgan fingerprint density at radius 1 is 1.00 bits per heavy atom. The van der Waals surface area contributed by atoms with Crippen molar-refractivity contribution < 1.29 is 14.7 Å². The van der Waals surface area contributed by atoms with Crippen molar-refractivity contribution in [3.8, 4) is 16.1 Å². The summed E-state index contributed by atoms with van der Waals surface area (Å²) in [6.07, 6.45) is 13.0. The Morgan fingerprint density at radius 3 is 2.50 bits per heavy atom. The summed E-state index contributed by atoms with van der Waals surface area (Å²) < 4.78 is 4.78. The van der Waals surface area contributed by atoms with Gasteiger partial charge in [-0.05, 0) is 146 Å². The molecule has 13 nitrogen and oxygen atoms in total. The number of hydrogen-bond donors (Lipinski definition) is 2. The molecule has 10 rings (SSSR count). The largest absolute Gasteiger partial charge is 0.391 e. The van der Waals surface area contributed by atoms with Crippen LogP contribution in [-0.4, -0.2) is 94.6 Å². The lowest BCUT2D eigenvalue weighted by atomic mass is 9.69. The SMILES string of the molecule is Cc1ncsc1-c1ccc([C@H](C)NC(=O)[C@@H]2C[C@@H](O)CN2C(=O)[C@@H](n2cc(CCCCCN3CCC(c4ccc5c(c4)-n4c(nc(=O)c6c(Br)cccc64)C54CCCCC4)CC3)nn2)C(C)(C)C)cc1. The number of fused-ring (bicyclic) bond motifs is 7. The first-order valence-electron chi connectivity index (χ1n) is 25.5. The number of carbonyl (C=O) groups excluding carboxylic acids is 2. The zero-order valence-electron chi connectivity index (χ0n) is 41.2. The molecule has 0 bridgehead atoms. The Labute approximate surface area is 423 Å². The quantitative estimate of drug-likeness (QED) is 0.108. The van der Waals surface area contributed by atoms with Gasteiger partial charge in [-0.15, -0.1) is 16.4 Å². The first-order valence-corrected chi connectivity index (χ1v) is 27.2. The zero-order chi connectivity index (χ0) is 48.9. The molecule has 1 saturated carbocycles. The van der Waals surface area contributed by atoms with Gasteiger partial charge in [-0.3, -0.25) is 19.0 Å². The van der Waals surface area contributed by atoms with E-state index in [1.165, 1.54) is 23.2 Å². The Hall–Kier alpha value is -5.09. The molecule has 70 heavy (non-hydrogen) atoms. The van der Waals surface area contributed by atoms with Crippen molar-refractivity contribution in [2.45, 2.75) is 147 Å². The third kappa shape index (κ3) is 9.31. The number of likely N-dealkylation sites (tertiary alicyclic amines) is 2. The maximum Gasteiger partial charge on any atom is 0.281 e. The summed E-state index contributed by atoms with van der Waals surface area (Å²) in [5.74, 6) is 0.893. The van der Waals surface area contributed by atoms with E-state index in [1.807, 2.05) is 82.7 Å². The second-order valence-corrected chi connectivity index (χ2v) is 23.2. The molecule has 6 heterocycles. The number of nitrogens with one attached hydrogen (secondary N) is 1. The minimum atomic E-state index is -0.801. The number of carbonyl (C=O) groups is 2. The molecular weight excluding hydrogens is 963 g/mol. The van der Waals surface area contributed by atoms with Gasteiger partial charge in [-0.25, -0.2) is 9.67 Å². The Morgan fingerprint density at radius 2 is 1.77 bits per heavy atom. The van der Waals surface area contributed by atoms with Crippen LogP contribution in [0.3, 0.4) is 0 Å². The Kier molecular flexibility index (Phi) is 13.8. The van der Waals surface area contributed by atoms with Gasteiger partial charge in [0.15, 0.2) is 0 Å². The number of nitrogens with zero attached hydrogens (tertiary/aromatic N) is 8. The van der Waals surface area contributed by atoms with Crippen molar-refractivity contribution in [3.05, 3.63) is 121 Å². The molecule has 368 valence electrons. The zero-order valence-corrected chi connectivity index (χ0v) is 43.6. The number of piperidine rings is 1. The molecule has 2 amide bonds. The molecule has 3 aromatic carbocycles. The normalized spacial score (nSPS) is 20.2. The summed E-state index contributed by atoms with van der Waals surface area (Å²) in [5.41, 5.74) is 9.71. The van der Waals surface area contributed by atoms with E-state index in [9.17, 15) is 19.5 Å². The van der Waals surface area contributed by atoms with Crippen LogP contribution >= 0.6 is 27.3 Å². The van der Waals surface area contributed by atoms with Gasteiger partial charge < -0.3 is 20.2 Å². The highest BCUT2D eigenvalue weighted by Gasteiger charge is 2.48. The van der Waals surface area contributed by atoms with Crippen LogP contribution in [0.1, 0.15) is 150 Å². The summed E-state index contributed by atoms with van der Waals surface area (Å²) in [4.78, 5) is 56.3. The molecule has 15 heteroatoms. The van der Waals surface area contributed by atoms with Crippen LogP contribution in [0.25, 0.3) is 27.0 Å². The van der Waals surface area contributed by atoms with Crippen molar-refractivity contribution in [3.63, 3.8) is 0 Å². The first-order chi connectivity index (χ1) is 33.7. The number of benzene rings is 3. The summed E-state index contributed by atoms with van der Waals surface area (Å²) in [6, 6.07) is 19.5. The molecule has 6 aromatic rings. The minimum absolute atomic E-state index is 0.0851. The molecule has 0 unspecified atom stereocenters. The first kappa shape index (κ1) is 48.5. The average Bonchev–Trinajstić information content (AvgIpc) is 4.14. The lowest BCUT2D eigenvalue weighted by Gasteiger charge is -2.34. The third-order valence-corrected chi connectivity index (χ3v) is 17.4. The average molecular weight is 1030 g/mol. The molecule has 2 saturated heterocycles. The number of thiazole rings is 1. The van der Waals surface area contributed by atoms with Crippen LogP contribution < -0.4 is 10.9 Å². The van der Waals surface area contributed by atoms with Gasteiger partial charge in [0.1, 0.15) is 17.9 Å². The number of amides is 2. The van der Waals surface area contributed by atoms with Gasteiger partial charge in [-0.1, -0.05) is 94.1 Å². The molecule has 3 aliphatic heterocycles. The maximum atomic E-state index is 14.5. The Bertz CT molecular complexity index is 2940. The highest BCUT2D eigenvalue weighted by Crippen LogP contribution is 2.52. The molecule has 0 radical (unpaired) electrons. The molecule has 4 aliphatic rings. The summed E-state index contributed by atoms with van der Waals surface area (Å²) >= 11 is 5.26. The van der Waals surface area contributed by atoms with E-state index in [0.29, 0.717) is 11.3 Å². The second-order valence-electron chi connectivity index (χ2n) is 21.5. The summed E-state index contributed by atoms with van der Waals surface area (Å²) in [7, 11) is 0. The van der Waals surface area contributed by atoms with Crippen LogP contribution in [0.5, 0.6) is 0 Å². The van der Waals surface area contributed by atoms with Crippen molar-refractivity contribution in [2.24, 2.45) is 5.41 Å². The van der Waals surface area contributed by atoms with E-state index < -0.39 is 23.6 Å². The number of aromatic nitrogens is 6. The van der Waals surface area contributed by atoms with E-state index in [1.54, 1.807) is 20.9 Å². The Balaban J connectivity index is 0.720. The van der Waals surface area contributed by atoms with Gasteiger partial charge in [-0.2, -0.15) is 4.98 Å². The summed E-state index contributed by atoms with van der Waals surface area (Å²) in [6.45, 7) is 13.2. The fourth-order valence-electron chi connectivity index (χ4n) is 12.1. The fraction of sp³-hybridized carbons (Fsp3) is 0.509. The van der Waals surface area contributed by atoms with Gasteiger partial charge >= 0.3 is 0 Å². The standard InChI is InChI=1S/C55H66BrN9O4S/c1-34(36-16-18-38(19-17-36)48-35(2)57-33-70-48)58-50(67)46-30-41(66)32-63(46)52(69)49(54(3,4)5)64-31-40(60-61-64)13-8-6-11-26-62-27-22-37(23-28-62)39-20-21-42-45(29-39)65-44-15-12-14-43(56)47(44)51(68)59-53(65)55(42)24-9-7-10-25-55/h12,14-21,29,31,33-34,37,41,46,49,66H,6-11,13,22-28,30,32H2,1-5H3,(H,58,67)/t34-,41+,46-,49+/m0/s1.